The first-order valence-corrected chi connectivity index (χ1v) is 8.68. The Morgan fingerprint density at radius 3 is 2.83 bits per heavy atom. The predicted molar refractivity (Wildman–Crippen MR) is 96.7 cm³/mol. The molecule has 1 amide bonds. The molecule has 6 nitrogen and oxygen atoms in total. The minimum Gasteiger partial charge on any atom is -0.326 e. The van der Waals surface area contributed by atoms with Gasteiger partial charge in [0, 0.05) is 25.7 Å². The van der Waals surface area contributed by atoms with Crippen molar-refractivity contribution in [2.75, 3.05) is 18.4 Å². The molecule has 1 aromatic heterocycles. The van der Waals surface area contributed by atoms with Crippen molar-refractivity contribution in [1.29, 1.82) is 0 Å². The first kappa shape index (κ1) is 16.9. The second-order valence-electron chi connectivity index (χ2n) is 6.46. The molecule has 2 heterocycles. The quantitative estimate of drug-likeness (QED) is 0.866. The highest BCUT2D eigenvalue weighted by molar-refractivity contribution is 7.71. The third-order valence-corrected chi connectivity index (χ3v) is 4.80. The molecule has 0 radical (unpaired) electrons. The van der Waals surface area contributed by atoms with Crippen molar-refractivity contribution >= 4 is 23.8 Å². The summed E-state index contributed by atoms with van der Waals surface area (Å²) in [4.78, 5) is 13.6. The summed E-state index contributed by atoms with van der Waals surface area (Å²) in [6.07, 6.45) is 4.20. The molecular formula is C17H23N5OS. The van der Waals surface area contributed by atoms with E-state index in [0.29, 0.717) is 4.77 Å². The van der Waals surface area contributed by atoms with Gasteiger partial charge in [-0.3, -0.25) is 14.3 Å². The van der Waals surface area contributed by atoms with Gasteiger partial charge in [-0.05, 0) is 49.2 Å². The van der Waals surface area contributed by atoms with E-state index < -0.39 is 0 Å². The fourth-order valence-electron chi connectivity index (χ4n) is 2.94. The maximum atomic E-state index is 11.2. The number of amides is 1. The minimum atomic E-state index is -0.0919. The van der Waals surface area contributed by atoms with Crippen LogP contribution in [0.25, 0.3) is 5.69 Å². The van der Waals surface area contributed by atoms with Crippen LogP contribution in [0.5, 0.6) is 0 Å². The fourth-order valence-corrected chi connectivity index (χ4v) is 3.20. The lowest BCUT2D eigenvalue weighted by Gasteiger charge is -2.29. The van der Waals surface area contributed by atoms with Crippen LogP contribution in [-0.2, 0) is 11.5 Å². The van der Waals surface area contributed by atoms with Crippen molar-refractivity contribution < 1.29 is 4.79 Å². The first-order valence-electron chi connectivity index (χ1n) is 8.28. The molecule has 1 saturated heterocycles. The number of hydrogen-bond acceptors (Lipinski definition) is 4. The van der Waals surface area contributed by atoms with Crippen molar-refractivity contribution in [1.82, 2.24) is 19.2 Å². The van der Waals surface area contributed by atoms with E-state index in [1.807, 2.05) is 33.5 Å². The SMILES string of the molecule is CC(=O)Nc1cccc(-n2cnn(CN3CCC(C)CC3)c2=S)c1. The predicted octanol–water partition coefficient (Wildman–Crippen LogP) is 3.05. The second-order valence-corrected chi connectivity index (χ2v) is 6.82. The van der Waals surface area contributed by atoms with Crippen molar-refractivity contribution in [3.05, 3.63) is 35.4 Å². The lowest BCUT2D eigenvalue weighted by molar-refractivity contribution is -0.114. The summed E-state index contributed by atoms with van der Waals surface area (Å²) >= 11 is 5.58. The van der Waals surface area contributed by atoms with E-state index in [1.165, 1.54) is 19.8 Å². The third-order valence-electron chi connectivity index (χ3n) is 4.39. The number of piperidine rings is 1. The molecule has 1 N–H and O–H groups in total. The standard InChI is InChI=1S/C17H23N5OS/c1-13-6-8-20(9-7-13)12-22-17(24)21(11-18-22)16-5-3-4-15(10-16)19-14(2)23/h3-5,10-11,13H,6-9,12H2,1-2H3,(H,19,23). The second kappa shape index (κ2) is 7.27. The molecular weight excluding hydrogens is 322 g/mol. The van der Waals surface area contributed by atoms with Crippen LogP contribution < -0.4 is 5.32 Å². The lowest BCUT2D eigenvalue weighted by Crippen LogP contribution is -2.34. The maximum Gasteiger partial charge on any atom is 0.221 e. The Labute approximate surface area is 147 Å². The van der Waals surface area contributed by atoms with Crippen molar-refractivity contribution in [3.8, 4) is 5.69 Å². The molecule has 0 spiro atoms. The Morgan fingerprint density at radius 1 is 1.38 bits per heavy atom. The first-order chi connectivity index (χ1) is 11.5. The van der Waals surface area contributed by atoms with E-state index >= 15 is 0 Å². The Balaban J connectivity index is 1.77. The van der Waals surface area contributed by atoms with Crippen LogP contribution in [0, 0.1) is 10.7 Å². The van der Waals surface area contributed by atoms with E-state index in [-0.39, 0.29) is 5.91 Å². The van der Waals surface area contributed by atoms with Gasteiger partial charge in [-0.1, -0.05) is 13.0 Å². The molecule has 0 unspecified atom stereocenters. The van der Waals surface area contributed by atoms with Crippen molar-refractivity contribution in [2.45, 2.75) is 33.4 Å². The summed E-state index contributed by atoms with van der Waals surface area (Å²) in [7, 11) is 0. The fraction of sp³-hybridized carbons (Fsp3) is 0.471. The number of likely N-dealkylation sites (tertiary alicyclic amines) is 1. The number of aromatic nitrogens is 3. The molecule has 3 rings (SSSR count). The molecule has 128 valence electrons. The number of carbonyl (C=O) groups excluding carboxylic acids is 1. The molecule has 0 atom stereocenters. The summed E-state index contributed by atoms with van der Waals surface area (Å²) in [5.41, 5.74) is 1.64. The third kappa shape index (κ3) is 3.91. The Kier molecular flexibility index (Phi) is 5.11. The maximum absolute atomic E-state index is 11.2. The zero-order chi connectivity index (χ0) is 17.1. The van der Waals surface area contributed by atoms with Crippen LogP contribution in [0.4, 0.5) is 5.69 Å². The van der Waals surface area contributed by atoms with Crippen LogP contribution in [-0.4, -0.2) is 38.2 Å². The van der Waals surface area contributed by atoms with Crippen LogP contribution in [0.1, 0.15) is 26.7 Å². The number of hydrogen-bond donors (Lipinski definition) is 1. The molecule has 1 fully saturated rings. The van der Waals surface area contributed by atoms with Gasteiger partial charge in [0.1, 0.15) is 6.33 Å². The number of anilines is 1. The molecule has 7 heteroatoms. The highest BCUT2D eigenvalue weighted by atomic mass is 32.1. The van der Waals surface area contributed by atoms with Crippen LogP contribution in [0.3, 0.4) is 0 Å². The number of rotatable bonds is 4. The molecule has 0 saturated carbocycles. The van der Waals surface area contributed by atoms with Gasteiger partial charge in [0.25, 0.3) is 0 Å². The molecule has 0 aliphatic carbocycles. The number of nitrogens with zero attached hydrogens (tertiary/aromatic N) is 4. The van der Waals surface area contributed by atoms with Crippen molar-refractivity contribution in [3.63, 3.8) is 0 Å². The topological polar surface area (TPSA) is 55.1 Å². The largest absolute Gasteiger partial charge is 0.326 e. The summed E-state index contributed by atoms with van der Waals surface area (Å²) in [6, 6.07) is 7.60. The van der Waals surface area contributed by atoms with E-state index in [0.717, 1.165) is 37.1 Å². The highest BCUT2D eigenvalue weighted by Gasteiger charge is 2.16. The zero-order valence-electron chi connectivity index (χ0n) is 14.1. The van der Waals surface area contributed by atoms with E-state index in [9.17, 15) is 4.79 Å². The smallest absolute Gasteiger partial charge is 0.221 e. The van der Waals surface area contributed by atoms with Crippen LogP contribution in [0.2, 0.25) is 0 Å². The zero-order valence-corrected chi connectivity index (χ0v) is 14.9. The van der Waals surface area contributed by atoms with Gasteiger partial charge in [0.05, 0.1) is 12.4 Å². The van der Waals surface area contributed by atoms with Gasteiger partial charge in [-0.15, -0.1) is 0 Å². The summed E-state index contributed by atoms with van der Waals surface area (Å²) in [5, 5.41) is 7.23. The Bertz CT molecular complexity index is 773. The van der Waals surface area contributed by atoms with E-state index in [2.05, 4.69) is 22.2 Å². The molecule has 1 aliphatic rings. The minimum absolute atomic E-state index is 0.0919. The van der Waals surface area contributed by atoms with Crippen molar-refractivity contribution in [2.24, 2.45) is 5.92 Å². The summed E-state index contributed by atoms with van der Waals surface area (Å²) in [6.45, 7) is 6.71. The van der Waals surface area contributed by atoms with E-state index in [1.54, 1.807) is 6.33 Å². The summed E-state index contributed by atoms with van der Waals surface area (Å²) < 4.78 is 4.39. The monoisotopic (exact) mass is 345 g/mol. The number of carbonyl (C=O) groups is 1. The van der Waals surface area contributed by atoms with Gasteiger partial charge in [0.2, 0.25) is 10.7 Å². The Hall–Kier alpha value is -1.99. The average molecular weight is 345 g/mol. The average Bonchev–Trinajstić information content (AvgIpc) is 2.90. The summed E-state index contributed by atoms with van der Waals surface area (Å²) in [5.74, 6) is 0.717. The van der Waals surface area contributed by atoms with E-state index in [4.69, 9.17) is 12.2 Å². The Morgan fingerprint density at radius 2 is 2.12 bits per heavy atom. The van der Waals surface area contributed by atoms with Gasteiger partial charge < -0.3 is 5.32 Å². The number of benzene rings is 1. The molecule has 1 aliphatic heterocycles. The number of nitrogens with one attached hydrogen (secondary N) is 1. The normalized spacial score (nSPS) is 16.2. The highest BCUT2D eigenvalue weighted by Crippen LogP contribution is 2.18. The molecule has 1 aromatic carbocycles. The molecule has 0 bridgehead atoms. The van der Waals surface area contributed by atoms with Gasteiger partial charge in [0.15, 0.2) is 0 Å². The molecule has 2 aromatic rings. The van der Waals surface area contributed by atoms with Gasteiger partial charge in [-0.25, -0.2) is 4.68 Å². The van der Waals surface area contributed by atoms with Gasteiger partial charge in [-0.2, -0.15) is 5.10 Å². The lowest BCUT2D eigenvalue weighted by atomic mass is 10.00. The van der Waals surface area contributed by atoms with Gasteiger partial charge >= 0.3 is 0 Å². The molecule has 24 heavy (non-hydrogen) atoms. The van der Waals surface area contributed by atoms with Crippen LogP contribution >= 0.6 is 12.2 Å². The van der Waals surface area contributed by atoms with Crippen LogP contribution in [0.15, 0.2) is 30.6 Å².